The molecule has 0 radical (unpaired) electrons. The molecule has 0 aliphatic rings. The normalized spacial score (nSPS) is 10.9. The number of para-hydroxylation sites is 1. The number of pyridine rings is 1. The maximum atomic E-state index is 13.3. The van der Waals surface area contributed by atoms with Crippen molar-refractivity contribution in [3.05, 3.63) is 90.0 Å². The Hall–Kier alpha value is -2.99. The predicted molar refractivity (Wildman–Crippen MR) is 105 cm³/mol. The number of nitrogens with zero attached hydrogens (tertiary/aromatic N) is 4. The molecule has 6 heteroatoms. The van der Waals surface area contributed by atoms with E-state index in [2.05, 4.69) is 28.2 Å². The van der Waals surface area contributed by atoms with E-state index >= 15 is 0 Å². The Morgan fingerprint density at radius 1 is 0.926 bits per heavy atom. The average molecular weight is 376 g/mol. The van der Waals surface area contributed by atoms with Crippen LogP contribution in [0.2, 0.25) is 0 Å². The molecule has 2 aromatic carbocycles. The van der Waals surface area contributed by atoms with Crippen molar-refractivity contribution in [2.45, 2.75) is 17.8 Å². The van der Waals surface area contributed by atoms with Gasteiger partial charge in [0.25, 0.3) is 0 Å². The molecule has 0 amide bonds. The van der Waals surface area contributed by atoms with Gasteiger partial charge in [-0.05, 0) is 55.0 Å². The molecular weight excluding hydrogens is 359 g/mol. The first-order valence-electron chi connectivity index (χ1n) is 8.52. The summed E-state index contributed by atoms with van der Waals surface area (Å²) in [6.45, 7) is 2.05. The molecule has 0 spiro atoms. The first-order valence-corrected chi connectivity index (χ1v) is 9.51. The lowest BCUT2D eigenvalue weighted by molar-refractivity contribution is 0.628. The minimum atomic E-state index is -0.273. The number of hydrogen-bond acceptors (Lipinski definition) is 4. The molecule has 0 aliphatic heterocycles. The molecule has 2 heterocycles. The molecule has 0 saturated heterocycles. The highest BCUT2D eigenvalue weighted by Gasteiger charge is 2.17. The summed E-state index contributed by atoms with van der Waals surface area (Å²) in [5.74, 6) is 1.10. The van der Waals surface area contributed by atoms with Crippen LogP contribution in [0.25, 0.3) is 17.1 Å². The first-order chi connectivity index (χ1) is 13.2. The summed E-state index contributed by atoms with van der Waals surface area (Å²) in [4.78, 5) is 4.37. The van der Waals surface area contributed by atoms with Crippen LogP contribution in [0, 0.1) is 12.7 Å². The molecule has 0 atom stereocenters. The van der Waals surface area contributed by atoms with Crippen LogP contribution in [-0.2, 0) is 5.75 Å². The topological polar surface area (TPSA) is 43.6 Å². The minimum absolute atomic E-state index is 0.273. The zero-order valence-electron chi connectivity index (χ0n) is 14.7. The maximum Gasteiger partial charge on any atom is 0.196 e. The van der Waals surface area contributed by atoms with Crippen LogP contribution in [0.3, 0.4) is 0 Å². The van der Waals surface area contributed by atoms with Crippen molar-refractivity contribution in [2.75, 3.05) is 0 Å². The van der Waals surface area contributed by atoms with Gasteiger partial charge in [0, 0.05) is 17.5 Å². The van der Waals surface area contributed by atoms with Gasteiger partial charge in [-0.25, -0.2) is 4.39 Å². The Labute approximate surface area is 161 Å². The molecule has 134 valence electrons. The van der Waals surface area contributed by atoms with Crippen LogP contribution in [-0.4, -0.2) is 19.7 Å². The smallest absolute Gasteiger partial charge is 0.196 e. The van der Waals surface area contributed by atoms with Gasteiger partial charge in [-0.15, -0.1) is 10.2 Å². The number of hydrogen-bond donors (Lipinski definition) is 0. The summed E-state index contributed by atoms with van der Waals surface area (Å²) < 4.78 is 15.4. The van der Waals surface area contributed by atoms with Gasteiger partial charge in [0.05, 0.1) is 11.4 Å². The van der Waals surface area contributed by atoms with Crippen LogP contribution < -0.4 is 0 Å². The summed E-state index contributed by atoms with van der Waals surface area (Å²) >= 11 is 1.58. The second kappa shape index (κ2) is 7.72. The second-order valence-electron chi connectivity index (χ2n) is 6.04. The molecule has 0 bridgehead atoms. The lowest BCUT2D eigenvalue weighted by atomic mass is 10.1. The Bertz CT molecular complexity index is 1050. The van der Waals surface area contributed by atoms with E-state index < -0.39 is 0 Å². The van der Waals surface area contributed by atoms with E-state index in [-0.39, 0.29) is 5.82 Å². The summed E-state index contributed by atoms with van der Waals surface area (Å²) in [5, 5.41) is 9.57. The highest BCUT2D eigenvalue weighted by atomic mass is 32.2. The second-order valence-corrected chi connectivity index (χ2v) is 6.99. The molecule has 0 saturated carbocycles. The van der Waals surface area contributed by atoms with Gasteiger partial charge >= 0.3 is 0 Å². The number of aromatic nitrogens is 4. The van der Waals surface area contributed by atoms with Crippen molar-refractivity contribution in [1.82, 2.24) is 19.7 Å². The third kappa shape index (κ3) is 3.75. The fourth-order valence-electron chi connectivity index (χ4n) is 2.80. The Balaban J connectivity index is 1.77. The van der Waals surface area contributed by atoms with E-state index in [4.69, 9.17) is 0 Å². The van der Waals surface area contributed by atoms with Crippen LogP contribution in [0.1, 0.15) is 11.3 Å². The molecule has 0 aliphatic carbocycles. The molecule has 0 fully saturated rings. The molecule has 0 N–H and O–H groups in total. The SMILES string of the molecule is Cc1ccccc1-n1c(SCc2ccccn2)nnc1-c1ccc(F)cc1. The van der Waals surface area contributed by atoms with Crippen molar-refractivity contribution in [3.63, 3.8) is 0 Å². The standard InChI is InChI=1S/C21H17FN4S/c1-15-6-2-3-8-19(15)26-20(16-9-11-17(22)12-10-16)24-25-21(26)27-14-18-7-4-5-13-23-18/h2-13H,14H2,1H3. The molecule has 4 aromatic rings. The average Bonchev–Trinajstić information content (AvgIpc) is 3.12. The van der Waals surface area contributed by atoms with E-state index in [9.17, 15) is 4.39 Å². The van der Waals surface area contributed by atoms with Gasteiger partial charge < -0.3 is 0 Å². The van der Waals surface area contributed by atoms with Crippen molar-refractivity contribution in [2.24, 2.45) is 0 Å². The highest BCUT2D eigenvalue weighted by Crippen LogP contribution is 2.30. The van der Waals surface area contributed by atoms with Crippen LogP contribution >= 0.6 is 11.8 Å². The van der Waals surface area contributed by atoms with Crippen molar-refractivity contribution >= 4 is 11.8 Å². The maximum absolute atomic E-state index is 13.3. The molecule has 4 rings (SSSR count). The van der Waals surface area contributed by atoms with E-state index in [0.29, 0.717) is 11.6 Å². The quantitative estimate of drug-likeness (QED) is 0.456. The monoisotopic (exact) mass is 376 g/mol. The van der Waals surface area contributed by atoms with Crippen LogP contribution in [0.15, 0.2) is 78.1 Å². The number of benzene rings is 2. The van der Waals surface area contributed by atoms with Crippen molar-refractivity contribution in [3.8, 4) is 17.1 Å². The zero-order chi connectivity index (χ0) is 18.6. The molecular formula is C21H17FN4S. The van der Waals surface area contributed by atoms with Gasteiger partial charge in [-0.3, -0.25) is 9.55 Å². The fourth-order valence-corrected chi connectivity index (χ4v) is 3.66. The number of halogens is 1. The number of rotatable bonds is 5. The predicted octanol–water partition coefficient (Wildman–Crippen LogP) is 5.07. The summed E-state index contributed by atoms with van der Waals surface area (Å²) in [6.07, 6.45) is 1.78. The first kappa shape index (κ1) is 17.4. The molecule has 0 unspecified atom stereocenters. The largest absolute Gasteiger partial charge is 0.270 e. The number of thioether (sulfide) groups is 1. The van der Waals surface area contributed by atoms with Crippen molar-refractivity contribution in [1.29, 1.82) is 0 Å². The molecule has 4 nitrogen and oxygen atoms in total. The van der Waals surface area contributed by atoms with E-state index in [1.165, 1.54) is 12.1 Å². The fraction of sp³-hybridized carbons (Fsp3) is 0.0952. The Morgan fingerprint density at radius 3 is 2.44 bits per heavy atom. The summed E-state index contributed by atoms with van der Waals surface area (Å²) in [5.41, 5.74) is 3.91. The van der Waals surface area contributed by atoms with Gasteiger partial charge in [0.1, 0.15) is 5.82 Å². The van der Waals surface area contributed by atoms with Gasteiger partial charge in [-0.1, -0.05) is 36.0 Å². The zero-order valence-corrected chi connectivity index (χ0v) is 15.5. The lowest BCUT2D eigenvalue weighted by Gasteiger charge is -2.12. The summed E-state index contributed by atoms with van der Waals surface area (Å²) in [6, 6.07) is 20.3. The Morgan fingerprint density at radius 2 is 1.70 bits per heavy atom. The van der Waals surface area contributed by atoms with Gasteiger partial charge in [0.2, 0.25) is 0 Å². The third-order valence-electron chi connectivity index (χ3n) is 4.17. The molecule has 2 aromatic heterocycles. The highest BCUT2D eigenvalue weighted by molar-refractivity contribution is 7.98. The van der Waals surface area contributed by atoms with Crippen LogP contribution in [0.4, 0.5) is 4.39 Å². The third-order valence-corrected chi connectivity index (χ3v) is 5.13. The van der Waals surface area contributed by atoms with E-state index in [1.54, 1.807) is 30.1 Å². The van der Waals surface area contributed by atoms with E-state index in [1.807, 2.05) is 41.0 Å². The van der Waals surface area contributed by atoms with Crippen LogP contribution in [0.5, 0.6) is 0 Å². The Kier molecular flexibility index (Phi) is 4.98. The molecule has 27 heavy (non-hydrogen) atoms. The minimum Gasteiger partial charge on any atom is -0.270 e. The van der Waals surface area contributed by atoms with Crippen molar-refractivity contribution < 1.29 is 4.39 Å². The number of aryl methyl sites for hydroxylation is 1. The lowest BCUT2D eigenvalue weighted by Crippen LogP contribution is -2.02. The van der Waals surface area contributed by atoms with Gasteiger partial charge in [-0.2, -0.15) is 0 Å². The van der Waals surface area contributed by atoms with E-state index in [0.717, 1.165) is 27.7 Å². The summed E-state index contributed by atoms with van der Waals surface area (Å²) in [7, 11) is 0. The van der Waals surface area contributed by atoms with Gasteiger partial charge in [0.15, 0.2) is 11.0 Å².